The van der Waals surface area contributed by atoms with Crippen molar-refractivity contribution in [2.45, 2.75) is 26.0 Å². The minimum absolute atomic E-state index is 0.123. The molecule has 0 fully saturated rings. The maximum atomic E-state index is 9.68. The van der Waals surface area contributed by atoms with Gasteiger partial charge in [-0.3, -0.25) is 0 Å². The summed E-state index contributed by atoms with van der Waals surface area (Å²) in [4.78, 5) is 0. The molecule has 2 atom stereocenters. The van der Waals surface area contributed by atoms with Gasteiger partial charge in [-0.1, -0.05) is 18.2 Å². The maximum Gasteiger partial charge on any atom is 0.123 e. The van der Waals surface area contributed by atoms with E-state index in [2.05, 4.69) is 5.32 Å². The van der Waals surface area contributed by atoms with Gasteiger partial charge in [0.05, 0.1) is 19.8 Å². The van der Waals surface area contributed by atoms with Gasteiger partial charge in [0.2, 0.25) is 0 Å². The highest BCUT2D eigenvalue weighted by Crippen LogP contribution is 2.24. The van der Waals surface area contributed by atoms with Gasteiger partial charge in [-0.2, -0.15) is 0 Å². The summed E-state index contributed by atoms with van der Waals surface area (Å²) in [7, 11) is 1.66. The third-order valence-corrected chi connectivity index (χ3v) is 2.78. The predicted octanol–water partition coefficient (Wildman–Crippen LogP) is 1.74. The molecule has 0 spiro atoms. The highest BCUT2D eigenvalue weighted by molar-refractivity contribution is 5.35. The first kappa shape index (κ1) is 15.0. The smallest absolute Gasteiger partial charge is 0.123 e. The number of aliphatic hydroxyl groups excluding tert-OH is 1. The standard InChI is InChI=1S/C14H23NO3/c1-4-18-10-12(16)9-15-11(2)13-7-5-6-8-14(13)17-3/h5-8,11-12,15-16H,4,9-10H2,1-3H3/t11-,12?/m1/s1. The summed E-state index contributed by atoms with van der Waals surface area (Å²) < 4.78 is 10.5. The highest BCUT2D eigenvalue weighted by atomic mass is 16.5. The molecule has 0 amide bonds. The Balaban J connectivity index is 2.47. The van der Waals surface area contributed by atoms with Crippen LogP contribution in [0.3, 0.4) is 0 Å². The molecule has 2 N–H and O–H groups in total. The lowest BCUT2D eigenvalue weighted by atomic mass is 10.1. The molecular formula is C14H23NO3. The van der Waals surface area contributed by atoms with Crippen LogP contribution in [0.5, 0.6) is 5.75 Å². The number of ether oxygens (including phenoxy) is 2. The first-order valence-electron chi connectivity index (χ1n) is 6.31. The molecule has 18 heavy (non-hydrogen) atoms. The normalized spacial score (nSPS) is 14.2. The van der Waals surface area contributed by atoms with Crippen molar-refractivity contribution >= 4 is 0 Å². The van der Waals surface area contributed by atoms with Crippen LogP contribution >= 0.6 is 0 Å². The SMILES string of the molecule is CCOCC(O)CN[C@H](C)c1ccccc1OC. The average Bonchev–Trinajstić information content (AvgIpc) is 2.42. The van der Waals surface area contributed by atoms with Crippen molar-refractivity contribution in [3.05, 3.63) is 29.8 Å². The maximum absolute atomic E-state index is 9.68. The topological polar surface area (TPSA) is 50.7 Å². The number of methoxy groups -OCH3 is 1. The van der Waals surface area contributed by atoms with Gasteiger partial charge < -0.3 is 19.9 Å². The number of hydrogen-bond donors (Lipinski definition) is 2. The van der Waals surface area contributed by atoms with Crippen molar-refractivity contribution in [1.29, 1.82) is 0 Å². The molecule has 0 aromatic heterocycles. The van der Waals surface area contributed by atoms with Gasteiger partial charge in [-0.25, -0.2) is 0 Å². The lowest BCUT2D eigenvalue weighted by Gasteiger charge is -2.19. The monoisotopic (exact) mass is 253 g/mol. The fourth-order valence-electron chi connectivity index (χ4n) is 1.76. The number of nitrogens with one attached hydrogen (secondary N) is 1. The summed E-state index contributed by atoms with van der Waals surface area (Å²) in [6, 6.07) is 8.00. The Morgan fingerprint density at radius 1 is 1.33 bits per heavy atom. The largest absolute Gasteiger partial charge is 0.496 e. The first-order chi connectivity index (χ1) is 8.69. The Hall–Kier alpha value is -1.10. The molecule has 1 aromatic rings. The predicted molar refractivity (Wildman–Crippen MR) is 71.9 cm³/mol. The summed E-state index contributed by atoms with van der Waals surface area (Å²) >= 11 is 0. The molecule has 1 rings (SSSR count). The third-order valence-electron chi connectivity index (χ3n) is 2.78. The van der Waals surface area contributed by atoms with E-state index < -0.39 is 6.10 Å². The lowest BCUT2D eigenvalue weighted by molar-refractivity contribution is 0.0416. The Kier molecular flexibility index (Phi) is 6.72. The van der Waals surface area contributed by atoms with E-state index in [0.717, 1.165) is 11.3 Å². The summed E-state index contributed by atoms with van der Waals surface area (Å²) in [5.41, 5.74) is 1.09. The number of hydrogen-bond acceptors (Lipinski definition) is 4. The molecule has 1 aromatic carbocycles. The third kappa shape index (κ3) is 4.64. The van der Waals surface area contributed by atoms with Crippen molar-refractivity contribution in [3.63, 3.8) is 0 Å². The van der Waals surface area contributed by atoms with E-state index >= 15 is 0 Å². The van der Waals surface area contributed by atoms with Gasteiger partial charge in [0.1, 0.15) is 5.75 Å². The van der Waals surface area contributed by atoms with E-state index in [-0.39, 0.29) is 6.04 Å². The molecule has 1 unspecified atom stereocenters. The van der Waals surface area contributed by atoms with Crippen LogP contribution in [0.4, 0.5) is 0 Å². The van der Waals surface area contributed by atoms with Gasteiger partial charge >= 0.3 is 0 Å². The van der Waals surface area contributed by atoms with Crippen molar-refractivity contribution in [2.24, 2.45) is 0 Å². The van der Waals surface area contributed by atoms with Crippen LogP contribution in [0.25, 0.3) is 0 Å². The summed E-state index contributed by atoms with van der Waals surface area (Å²) in [6.45, 7) is 5.45. The Bertz CT molecular complexity index is 344. The molecule has 0 radical (unpaired) electrons. The van der Waals surface area contributed by atoms with Crippen LogP contribution in [0.1, 0.15) is 25.5 Å². The molecule has 0 bridgehead atoms. The van der Waals surface area contributed by atoms with Crippen LogP contribution in [0.15, 0.2) is 24.3 Å². The molecule has 102 valence electrons. The van der Waals surface area contributed by atoms with Crippen LogP contribution in [-0.2, 0) is 4.74 Å². The molecule has 0 saturated heterocycles. The zero-order valence-corrected chi connectivity index (χ0v) is 11.3. The number of rotatable bonds is 8. The Morgan fingerprint density at radius 2 is 2.06 bits per heavy atom. The van der Waals surface area contributed by atoms with E-state index in [1.807, 2.05) is 38.1 Å². The second-order valence-corrected chi connectivity index (χ2v) is 4.19. The van der Waals surface area contributed by atoms with Crippen LogP contribution in [0.2, 0.25) is 0 Å². The molecule has 0 saturated carbocycles. The molecule has 4 heteroatoms. The summed E-state index contributed by atoms with van der Waals surface area (Å²) in [5, 5.41) is 13.0. The van der Waals surface area contributed by atoms with Crippen molar-refractivity contribution in [3.8, 4) is 5.75 Å². The van der Waals surface area contributed by atoms with Gasteiger partial charge in [-0.05, 0) is 19.9 Å². The van der Waals surface area contributed by atoms with Gasteiger partial charge in [-0.15, -0.1) is 0 Å². The molecule has 0 aliphatic heterocycles. The van der Waals surface area contributed by atoms with Crippen molar-refractivity contribution < 1.29 is 14.6 Å². The second-order valence-electron chi connectivity index (χ2n) is 4.19. The Labute approximate surface area is 109 Å². The quantitative estimate of drug-likeness (QED) is 0.741. The molecule has 0 heterocycles. The fraction of sp³-hybridized carbons (Fsp3) is 0.571. The molecule has 0 aliphatic rings. The van der Waals surface area contributed by atoms with Crippen molar-refractivity contribution in [2.75, 3.05) is 26.9 Å². The molecule has 4 nitrogen and oxygen atoms in total. The van der Waals surface area contributed by atoms with E-state index in [9.17, 15) is 5.11 Å². The second kappa shape index (κ2) is 8.08. The zero-order chi connectivity index (χ0) is 13.4. The fourth-order valence-corrected chi connectivity index (χ4v) is 1.76. The van der Waals surface area contributed by atoms with E-state index in [4.69, 9.17) is 9.47 Å². The van der Waals surface area contributed by atoms with Gasteiger partial charge in [0, 0.05) is 24.8 Å². The number of para-hydroxylation sites is 1. The van der Waals surface area contributed by atoms with Crippen LogP contribution in [-0.4, -0.2) is 38.1 Å². The number of benzene rings is 1. The highest BCUT2D eigenvalue weighted by Gasteiger charge is 2.12. The minimum Gasteiger partial charge on any atom is -0.496 e. The van der Waals surface area contributed by atoms with Crippen molar-refractivity contribution in [1.82, 2.24) is 5.32 Å². The van der Waals surface area contributed by atoms with E-state index in [0.29, 0.717) is 19.8 Å². The van der Waals surface area contributed by atoms with E-state index in [1.54, 1.807) is 7.11 Å². The molecule has 0 aliphatic carbocycles. The first-order valence-corrected chi connectivity index (χ1v) is 6.31. The zero-order valence-electron chi connectivity index (χ0n) is 11.3. The lowest BCUT2D eigenvalue weighted by Crippen LogP contribution is -2.32. The van der Waals surface area contributed by atoms with Crippen LogP contribution < -0.4 is 10.1 Å². The minimum atomic E-state index is -0.484. The summed E-state index contributed by atoms with van der Waals surface area (Å²) in [6.07, 6.45) is -0.484. The molecular weight excluding hydrogens is 230 g/mol. The van der Waals surface area contributed by atoms with Crippen LogP contribution in [0, 0.1) is 0 Å². The van der Waals surface area contributed by atoms with Gasteiger partial charge in [0.25, 0.3) is 0 Å². The summed E-state index contributed by atoms with van der Waals surface area (Å²) in [5.74, 6) is 0.858. The van der Waals surface area contributed by atoms with E-state index in [1.165, 1.54) is 0 Å². The average molecular weight is 253 g/mol. The Morgan fingerprint density at radius 3 is 2.72 bits per heavy atom. The number of aliphatic hydroxyl groups is 1. The van der Waals surface area contributed by atoms with Gasteiger partial charge in [0.15, 0.2) is 0 Å².